The lowest BCUT2D eigenvalue weighted by molar-refractivity contribution is -0.123. The van der Waals surface area contributed by atoms with Crippen molar-refractivity contribution < 1.29 is 29.0 Å². The monoisotopic (exact) mass is 597 g/mol. The average Bonchev–Trinajstić information content (AvgIpc) is 3.31. The van der Waals surface area contributed by atoms with Crippen molar-refractivity contribution in [2.45, 2.75) is 32.3 Å². The van der Waals surface area contributed by atoms with E-state index in [0.29, 0.717) is 46.7 Å². The molecular weight excluding hydrogens is 566 g/mol. The van der Waals surface area contributed by atoms with Crippen molar-refractivity contribution >= 4 is 35.1 Å². The van der Waals surface area contributed by atoms with Crippen LogP contribution in [0.1, 0.15) is 42.4 Å². The van der Waals surface area contributed by atoms with Gasteiger partial charge in [0.2, 0.25) is 11.8 Å². The number of anilines is 1. The van der Waals surface area contributed by atoms with Crippen LogP contribution in [0.4, 0.5) is 5.69 Å². The molecule has 4 aliphatic rings. The van der Waals surface area contributed by atoms with Crippen LogP contribution in [0.5, 0.6) is 11.5 Å². The van der Waals surface area contributed by atoms with E-state index in [0.717, 1.165) is 16.7 Å². The van der Waals surface area contributed by atoms with Gasteiger partial charge in [0.05, 0.1) is 17.5 Å². The number of amides is 2. The summed E-state index contributed by atoms with van der Waals surface area (Å²) in [4.78, 5) is 56.1. The van der Waals surface area contributed by atoms with Crippen LogP contribution in [-0.2, 0) is 25.8 Å². The van der Waals surface area contributed by atoms with E-state index in [4.69, 9.17) is 4.74 Å². The first-order chi connectivity index (χ1) is 21.8. The minimum Gasteiger partial charge on any atom is -0.507 e. The first kappa shape index (κ1) is 28.5. The van der Waals surface area contributed by atoms with Crippen LogP contribution in [0.3, 0.4) is 0 Å². The number of hydrogen-bond donors (Lipinski definition) is 1. The summed E-state index contributed by atoms with van der Waals surface area (Å²) in [5.41, 5.74) is 4.58. The SMILES string of the molecule is C=Cc1ccc(N2C(=O)[C@H]3[C@H](CC=C4[C@H](c5ccc(OCc6ccccc6)cc5O)C5=C(C[C@H]43)C(=O)C=C(C)C5=O)C2=O)cc1. The molecule has 1 fully saturated rings. The fourth-order valence-electron chi connectivity index (χ4n) is 7.33. The molecule has 4 atom stereocenters. The van der Waals surface area contributed by atoms with Gasteiger partial charge in [-0.1, -0.05) is 72.8 Å². The van der Waals surface area contributed by atoms with Crippen molar-refractivity contribution in [1.29, 1.82) is 0 Å². The predicted octanol–water partition coefficient (Wildman–Crippen LogP) is 6.25. The maximum atomic E-state index is 14.1. The maximum Gasteiger partial charge on any atom is 0.238 e. The second-order valence-corrected chi connectivity index (χ2v) is 12.0. The van der Waals surface area contributed by atoms with E-state index in [2.05, 4.69) is 6.58 Å². The fourth-order valence-corrected chi connectivity index (χ4v) is 7.33. The number of carbonyl (C=O) groups excluding carboxylic acids is 4. The summed E-state index contributed by atoms with van der Waals surface area (Å²) in [5.74, 6) is -3.24. The maximum absolute atomic E-state index is 14.1. The van der Waals surface area contributed by atoms with Crippen LogP contribution < -0.4 is 9.64 Å². The van der Waals surface area contributed by atoms with Crippen LogP contribution in [-0.4, -0.2) is 28.5 Å². The molecule has 1 saturated heterocycles. The third kappa shape index (κ3) is 4.67. The van der Waals surface area contributed by atoms with E-state index >= 15 is 0 Å². The van der Waals surface area contributed by atoms with Crippen LogP contribution in [0.15, 0.2) is 114 Å². The Kier molecular flexibility index (Phi) is 6.96. The Morgan fingerprint density at radius 1 is 0.956 bits per heavy atom. The zero-order valence-electron chi connectivity index (χ0n) is 24.7. The van der Waals surface area contributed by atoms with E-state index in [1.165, 1.54) is 17.0 Å². The molecule has 1 aliphatic heterocycles. The summed E-state index contributed by atoms with van der Waals surface area (Å²) in [7, 11) is 0. The Bertz CT molecular complexity index is 1880. The highest BCUT2D eigenvalue weighted by Crippen LogP contribution is 2.56. The Morgan fingerprint density at radius 2 is 1.71 bits per heavy atom. The Morgan fingerprint density at radius 3 is 2.42 bits per heavy atom. The molecule has 0 radical (unpaired) electrons. The molecule has 224 valence electrons. The normalized spacial score (nSPS) is 24.1. The highest BCUT2D eigenvalue weighted by molar-refractivity contribution is 6.25. The summed E-state index contributed by atoms with van der Waals surface area (Å²) in [5, 5.41) is 11.4. The molecule has 7 heteroatoms. The third-order valence-corrected chi connectivity index (χ3v) is 9.51. The molecule has 1 heterocycles. The van der Waals surface area contributed by atoms with Crippen molar-refractivity contribution in [2.75, 3.05) is 4.90 Å². The Balaban J connectivity index is 1.27. The summed E-state index contributed by atoms with van der Waals surface area (Å²) in [6.45, 7) is 5.70. The Labute approximate surface area is 260 Å². The number of aromatic hydroxyl groups is 1. The zero-order chi connectivity index (χ0) is 31.4. The van der Waals surface area contributed by atoms with Gasteiger partial charge in [-0.2, -0.15) is 0 Å². The lowest BCUT2D eigenvalue weighted by Crippen LogP contribution is -2.39. The molecule has 3 aromatic carbocycles. The van der Waals surface area contributed by atoms with Crippen molar-refractivity contribution in [3.63, 3.8) is 0 Å². The van der Waals surface area contributed by atoms with Crippen molar-refractivity contribution in [3.05, 3.63) is 131 Å². The van der Waals surface area contributed by atoms with Gasteiger partial charge in [-0.05, 0) is 61.1 Å². The molecule has 3 aliphatic carbocycles. The number of ether oxygens (including phenoxy) is 1. The molecule has 7 nitrogen and oxygen atoms in total. The molecular formula is C38H31NO6. The molecule has 0 unspecified atom stereocenters. The molecule has 3 aromatic rings. The fraction of sp³-hybridized carbons (Fsp3) is 0.211. The van der Waals surface area contributed by atoms with Crippen molar-refractivity contribution in [3.8, 4) is 11.5 Å². The quantitative estimate of drug-likeness (QED) is 0.205. The lowest BCUT2D eigenvalue weighted by Gasteiger charge is -2.42. The minimum absolute atomic E-state index is 0.0775. The average molecular weight is 598 g/mol. The number of Topliss-reactive ketones (excluding diaryl/α,β-unsaturated/α-hetero) is 1. The van der Waals surface area contributed by atoms with Gasteiger partial charge in [0, 0.05) is 34.3 Å². The van der Waals surface area contributed by atoms with Crippen LogP contribution in [0.2, 0.25) is 0 Å². The molecule has 7 rings (SSSR count). The highest BCUT2D eigenvalue weighted by Gasteiger charge is 2.56. The largest absolute Gasteiger partial charge is 0.507 e. The molecule has 0 spiro atoms. The Hall–Kier alpha value is -5.30. The molecule has 45 heavy (non-hydrogen) atoms. The van der Waals surface area contributed by atoms with Gasteiger partial charge in [0.25, 0.3) is 0 Å². The zero-order valence-corrected chi connectivity index (χ0v) is 24.7. The van der Waals surface area contributed by atoms with Gasteiger partial charge in [-0.3, -0.25) is 24.1 Å². The smallest absolute Gasteiger partial charge is 0.238 e. The second-order valence-electron chi connectivity index (χ2n) is 12.0. The van der Waals surface area contributed by atoms with Gasteiger partial charge < -0.3 is 9.84 Å². The summed E-state index contributed by atoms with van der Waals surface area (Å²) < 4.78 is 5.92. The molecule has 2 amide bonds. The topological polar surface area (TPSA) is 101 Å². The number of hydrogen-bond acceptors (Lipinski definition) is 6. The number of fused-ring (bicyclic) bond motifs is 3. The van der Waals surface area contributed by atoms with Crippen LogP contribution in [0.25, 0.3) is 6.08 Å². The standard InChI is InChI=1S/C38H31NO6/c1-3-22-9-11-24(12-10-22)39-37(43)28-16-15-26-29(34(28)38(39)44)19-30-31(40)17-21(2)36(42)35(30)33(26)27-14-13-25(18-32(27)41)45-20-23-7-5-4-6-8-23/h3-15,17-18,28-29,33-34,41H,1,16,19-20H2,2H3/t28-,29+,33+,34-/m0/s1. The molecule has 0 aromatic heterocycles. The van der Waals surface area contributed by atoms with Crippen LogP contribution in [0, 0.1) is 17.8 Å². The van der Waals surface area contributed by atoms with Gasteiger partial charge in [-0.25, -0.2) is 0 Å². The van der Waals surface area contributed by atoms with Gasteiger partial charge in [0.1, 0.15) is 18.1 Å². The summed E-state index contributed by atoms with van der Waals surface area (Å²) >= 11 is 0. The first-order valence-electron chi connectivity index (χ1n) is 15.1. The number of allylic oxidation sites excluding steroid dienone is 6. The van der Waals surface area contributed by atoms with E-state index in [-0.39, 0.29) is 35.6 Å². The lowest BCUT2D eigenvalue weighted by atomic mass is 9.59. The van der Waals surface area contributed by atoms with Gasteiger partial charge in [0.15, 0.2) is 11.6 Å². The van der Waals surface area contributed by atoms with Crippen molar-refractivity contribution in [1.82, 2.24) is 0 Å². The molecule has 0 bridgehead atoms. The van der Waals surface area contributed by atoms with Crippen LogP contribution >= 0.6 is 0 Å². The minimum atomic E-state index is -0.744. The molecule has 1 N–H and O–H groups in total. The number of phenols is 1. The van der Waals surface area contributed by atoms with E-state index in [1.54, 1.807) is 49.4 Å². The second kappa shape index (κ2) is 11.0. The van der Waals surface area contributed by atoms with E-state index in [9.17, 15) is 24.3 Å². The molecule has 0 saturated carbocycles. The van der Waals surface area contributed by atoms with Crippen molar-refractivity contribution in [2.24, 2.45) is 17.8 Å². The highest BCUT2D eigenvalue weighted by atomic mass is 16.5. The number of carbonyl (C=O) groups is 4. The van der Waals surface area contributed by atoms with Gasteiger partial charge in [-0.15, -0.1) is 0 Å². The number of phenolic OH excluding ortho intramolecular Hbond substituents is 1. The number of ketones is 2. The number of nitrogens with zero attached hydrogens (tertiary/aromatic N) is 1. The summed E-state index contributed by atoms with van der Waals surface area (Å²) in [6.07, 6.45) is 5.48. The van der Waals surface area contributed by atoms with Gasteiger partial charge >= 0.3 is 0 Å². The number of imide groups is 1. The third-order valence-electron chi connectivity index (χ3n) is 9.51. The number of benzene rings is 3. The number of rotatable bonds is 6. The van der Waals surface area contributed by atoms with E-state index in [1.807, 2.05) is 36.4 Å². The predicted molar refractivity (Wildman–Crippen MR) is 169 cm³/mol. The summed E-state index contributed by atoms with van der Waals surface area (Å²) in [6, 6.07) is 21.7. The van der Waals surface area contributed by atoms with E-state index < -0.39 is 23.7 Å². The first-order valence-corrected chi connectivity index (χ1v) is 15.1.